The standard InChI is InChI=1S/C25H21N5O3/c1-17(14-26)25(31)30-13-5-6-18(15-30)22-23(27)28-16-29-24(22)33-21-11-9-20(10-12-21)32-19-7-3-2-4-8-19/h2-4,6-12,16H,1,5,13,15H2,(H2,27,28,29). The first-order chi connectivity index (χ1) is 16.0. The number of para-hydroxylation sites is 1. The summed E-state index contributed by atoms with van der Waals surface area (Å²) in [5, 5.41) is 8.99. The molecule has 3 aromatic rings. The second-order valence-corrected chi connectivity index (χ2v) is 7.26. The highest BCUT2D eigenvalue weighted by atomic mass is 16.5. The fraction of sp³-hybridized carbons (Fsp3) is 0.120. The van der Waals surface area contributed by atoms with Gasteiger partial charge in [0, 0.05) is 13.1 Å². The number of nitrogen functional groups attached to an aromatic ring is 1. The van der Waals surface area contributed by atoms with Gasteiger partial charge in [-0.3, -0.25) is 4.79 Å². The molecule has 8 heteroatoms. The lowest BCUT2D eigenvalue weighted by Crippen LogP contribution is -2.36. The fourth-order valence-corrected chi connectivity index (χ4v) is 3.41. The Morgan fingerprint density at radius 1 is 1.03 bits per heavy atom. The predicted octanol–water partition coefficient (Wildman–Crippen LogP) is 4.34. The largest absolute Gasteiger partial charge is 0.457 e. The minimum absolute atomic E-state index is 0.109. The highest BCUT2D eigenvalue weighted by Crippen LogP contribution is 2.34. The molecule has 0 bridgehead atoms. The van der Waals surface area contributed by atoms with Gasteiger partial charge in [0.15, 0.2) is 0 Å². The van der Waals surface area contributed by atoms with Crippen molar-refractivity contribution in [2.24, 2.45) is 0 Å². The number of ether oxygens (including phenoxy) is 2. The molecule has 0 saturated carbocycles. The third kappa shape index (κ3) is 4.99. The van der Waals surface area contributed by atoms with E-state index in [1.54, 1.807) is 35.2 Å². The van der Waals surface area contributed by atoms with Crippen molar-refractivity contribution in [2.45, 2.75) is 6.42 Å². The van der Waals surface area contributed by atoms with Crippen LogP contribution in [0.4, 0.5) is 5.82 Å². The van der Waals surface area contributed by atoms with Gasteiger partial charge in [0.1, 0.15) is 41.0 Å². The monoisotopic (exact) mass is 439 g/mol. The number of amides is 1. The average Bonchev–Trinajstić information content (AvgIpc) is 2.85. The second kappa shape index (κ2) is 9.66. The Labute approximate surface area is 191 Å². The molecule has 0 fully saturated rings. The van der Waals surface area contributed by atoms with Crippen LogP contribution in [-0.4, -0.2) is 33.9 Å². The van der Waals surface area contributed by atoms with E-state index < -0.39 is 5.91 Å². The molecule has 0 unspecified atom stereocenters. The average molecular weight is 439 g/mol. The predicted molar refractivity (Wildman–Crippen MR) is 123 cm³/mol. The van der Waals surface area contributed by atoms with Crippen LogP contribution in [0.15, 0.2) is 79.2 Å². The number of hydrogen-bond donors (Lipinski definition) is 1. The molecule has 8 nitrogen and oxygen atoms in total. The molecular formula is C25H21N5O3. The SMILES string of the molecule is C=C(C#N)C(=O)N1CCC=C(c2c(N)ncnc2Oc2ccc(Oc3ccccc3)cc2)C1. The van der Waals surface area contributed by atoms with Gasteiger partial charge in [-0.1, -0.05) is 30.9 Å². The van der Waals surface area contributed by atoms with Crippen LogP contribution in [0.5, 0.6) is 23.1 Å². The third-order valence-corrected chi connectivity index (χ3v) is 5.01. The van der Waals surface area contributed by atoms with Crippen LogP contribution in [0.25, 0.3) is 5.57 Å². The van der Waals surface area contributed by atoms with Gasteiger partial charge in [-0.25, -0.2) is 9.97 Å². The van der Waals surface area contributed by atoms with E-state index in [2.05, 4.69) is 16.5 Å². The number of aromatic nitrogens is 2. The second-order valence-electron chi connectivity index (χ2n) is 7.26. The lowest BCUT2D eigenvalue weighted by atomic mass is 10.0. The highest BCUT2D eigenvalue weighted by Gasteiger charge is 2.25. The molecule has 1 aromatic heterocycles. The molecule has 1 aliphatic rings. The molecule has 0 radical (unpaired) electrons. The summed E-state index contributed by atoms with van der Waals surface area (Å²) in [7, 11) is 0. The Bertz CT molecular complexity index is 1250. The molecule has 2 heterocycles. The highest BCUT2D eigenvalue weighted by molar-refractivity contribution is 5.98. The molecule has 0 saturated heterocycles. The number of anilines is 1. The number of nitrogens with zero attached hydrogens (tertiary/aromatic N) is 4. The quantitative estimate of drug-likeness (QED) is 0.449. The van der Waals surface area contributed by atoms with Gasteiger partial charge in [0.25, 0.3) is 5.91 Å². The molecule has 164 valence electrons. The number of hydrogen-bond acceptors (Lipinski definition) is 7. The van der Waals surface area contributed by atoms with Gasteiger partial charge in [0.2, 0.25) is 5.88 Å². The first-order valence-corrected chi connectivity index (χ1v) is 10.2. The first kappa shape index (κ1) is 21.6. The van der Waals surface area contributed by atoms with Crippen molar-refractivity contribution in [3.05, 3.63) is 84.7 Å². The summed E-state index contributed by atoms with van der Waals surface area (Å²) < 4.78 is 11.8. The number of rotatable bonds is 6. The van der Waals surface area contributed by atoms with Crippen molar-refractivity contribution in [2.75, 3.05) is 18.8 Å². The number of nitrogens with two attached hydrogens (primary N) is 1. The maximum absolute atomic E-state index is 12.4. The molecule has 33 heavy (non-hydrogen) atoms. The van der Waals surface area contributed by atoms with Crippen molar-refractivity contribution in [1.82, 2.24) is 14.9 Å². The van der Waals surface area contributed by atoms with E-state index in [0.29, 0.717) is 30.0 Å². The zero-order valence-corrected chi connectivity index (χ0v) is 17.8. The van der Waals surface area contributed by atoms with Gasteiger partial charge in [-0.05, 0) is 48.4 Å². The van der Waals surface area contributed by atoms with Gasteiger partial charge in [0.05, 0.1) is 5.56 Å². The maximum atomic E-state index is 12.4. The van der Waals surface area contributed by atoms with E-state index in [1.807, 2.05) is 36.4 Å². The topological polar surface area (TPSA) is 114 Å². The van der Waals surface area contributed by atoms with Crippen molar-refractivity contribution in [3.63, 3.8) is 0 Å². The zero-order chi connectivity index (χ0) is 23.2. The van der Waals surface area contributed by atoms with E-state index >= 15 is 0 Å². The third-order valence-electron chi connectivity index (χ3n) is 5.01. The summed E-state index contributed by atoms with van der Waals surface area (Å²) >= 11 is 0. The first-order valence-electron chi connectivity index (χ1n) is 10.2. The molecule has 2 aromatic carbocycles. The van der Waals surface area contributed by atoms with Gasteiger partial charge in [-0.2, -0.15) is 5.26 Å². The van der Waals surface area contributed by atoms with Crippen molar-refractivity contribution in [3.8, 4) is 29.2 Å². The fourth-order valence-electron chi connectivity index (χ4n) is 3.41. The van der Waals surface area contributed by atoms with Crippen LogP contribution in [0, 0.1) is 11.3 Å². The van der Waals surface area contributed by atoms with Gasteiger partial charge < -0.3 is 20.1 Å². The van der Waals surface area contributed by atoms with Crippen molar-refractivity contribution < 1.29 is 14.3 Å². The van der Waals surface area contributed by atoms with Crippen LogP contribution >= 0.6 is 0 Å². The Hall–Kier alpha value is -4.64. The summed E-state index contributed by atoms with van der Waals surface area (Å²) in [6.45, 7) is 4.24. The number of benzene rings is 2. The van der Waals surface area contributed by atoms with Crippen LogP contribution < -0.4 is 15.2 Å². The summed E-state index contributed by atoms with van der Waals surface area (Å²) in [4.78, 5) is 22.3. The zero-order valence-electron chi connectivity index (χ0n) is 17.8. The summed E-state index contributed by atoms with van der Waals surface area (Å²) in [6.07, 6.45) is 3.89. The van der Waals surface area contributed by atoms with Crippen molar-refractivity contribution >= 4 is 17.3 Å². The van der Waals surface area contributed by atoms with Crippen LogP contribution in [0.1, 0.15) is 12.0 Å². The van der Waals surface area contributed by atoms with Crippen LogP contribution in [0.3, 0.4) is 0 Å². The Balaban J connectivity index is 1.54. The smallest absolute Gasteiger partial charge is 0.264 e. The van der Waals surface area contributed by atoms with E-state index in [-0.39, 0.29) is 23.8 Å². The lowest BCUT2D eigenvalue weighted by Gasteiger charge is -2.28. The summed E-state index contributed by atoms with van der Waals surface area (Å²) in [5.74, 6) is 2.05. The maximum Gasteiger partial charge on any atom is 0.264 e. The van der Waals surface area contributed by atoms with E-state index in [4.69, 9.17) is 20.5 Å². The number of nitriles is 1. The Kier molecular flexibility index (Phi) is 6.32. The minimum atomic E-state index is -0.407. The Morgan fingerprint density at radius 2 is 1.70 bits per heavy atom. The minimum Gasteiger partial charge on any atom is -0.457 e. The molecule has 1 amide bonds. The summed E-state index contributed by atoms with van der Waals surface area (Å²) in [5.41, 5.74) is 7.31. The molecule has 4 rings (SSSR count). The van der Waals surface area contributed by atoms with Crippen LogP contribution in [0.2, 0.25) is 0 Å². The molecule has 0 spiro atoms. The lowest BCUT2D eigenvalue weighted by molar-refractivity contribution is -0.126. The summed E-state index contributed by atoms with van der Waals surface area (Å²) in [6, 6.07) is 18.4. The number of carbonyl (C=O) groups is 1. The van der Waals surface area contributed by atoms with E-state index in [0.717, 1.165) is 11.3 Å². The normalized spacial score (nSPS) is 12.9. The van der Waals surface area contributed by atoms with E-state index in [1.165, 1.54) is 6.33 Å². The van der Waals surface area contributed by atoms with E-state index in [9.17, 15) is 4.79 Å². The molecular weight excluding hydrogens is 418 g/mol. The molecule has 2 N–H and O–H groups in total. The molecule has 0 atom stereocenters. The van der Waals surface area contributed by atoms with Gasteiger partial charge >= 0.3 is 0 Å². The van der Waals surface area contributed by atoms with Crippen molar-refractivity contribution in [1.29, 1.82) is 5.26 Å². The number of carbonyl (C=O) groups excluding carboxylic acids is 1. The van der Waals surface area contributed by atoms with Gasteiger partial charge in [-0.15, -0.1) is 0 Å². The van der Waals surface area contributed by atoms with Crippen LogP contribution in [-0.2, 0) is 4.79 Å². The molecule has 0 aliphatic carbocycles. The Morgan fingerprint density at radius 3 is 2.39 bits per heavy atom. The molecule has 1 aliphatic heterocycles.